The molecule has 0 saturated heterocycles. The summed E-state index contributed by atoms with van der Waals surface area (Å²) in [6, 6.07) is 7.80. The Bertz CT molecular complexity index is 998. The van der Waals surface area contributed by atoms with Gasteiger partial charge in [-0.1, -0.05) is 32.0 Å². The first-order chi connectivity index (χ1) is 12.8. The molecule has 1 aromatic heterocycles. The maximum atomic E-state index is 12.4. The lowest BCUT2D eigenvalue weighted by Crippen LogP contribution is -2.30. The Morgan fingerprint density at radius 3 is 2.67 bits per heavy atom. The van der Waals surface area contributed by atoms with Crippen LogP contribution in [0.5, 0.6) is 5.88 Å². The molecule has 2 heterocycles. The number of esters is 1. The predicted octanol–water partition coefficient (Wildman–Crippen LogP) is 1.70. The fraction of sp³-hybridized carbons (Fsp3) is 0.389. The van der Waals surface area contributed by atoms with E-state index < -0.39 is 27.7 Å². The summed E-state index contributed by atoms with van der Waals surface area (Å²) < 4.78 is 36.0. The van der Waals surface area contributed by atoms with Gasteiger partial charge in [-0.15, -0.1) is 0 Å². The van der Waals surface area contributed by atoms with E-state index in [1.807, 2.05) is 13.8 Å². The number of rotatable bonds is 6. The minimum atomic E-state index is -4.10. The summed E-state index contributed by atoms with van der Waals surface area (Å²) in [4.78, 5) is 28.7. The van der Waals surface area contributed by atoms with Crippen LogP contribution in [0.3, 0.4) is 0 Å². The standard InChI is InChI=1S/C18H20N2O6S/c1-12(2)11-25-18(22)14-8-9-15-19-16(10-17(21)20(14)15)26-27(23,24)13-6-4-3-5-7-13/h3-7,10,12,14H,8-9,11H2,1-2H3/t14-/m0/s1. The van der Waals surface area contributed by atoms with E-state index in [2.05, 4.69) is 4.98 Å². The third-order valence-corrected chi connectivity index (χ3v) is 5.25. The summed E-state index contributed by atoms with van der Waals surface area (Å²) in [5.41, 5.74) is -0.553. The van der Waals surface area contributed by atoms with Crippen LogP contribution in [0, 0.1) is 5.92 Å². The van der Waals surface area contributed by atoms with Crippen molar-refractivity contribution in [2.24, 2.45) is 5.92 Å². The van der Waals surface area contributed by atoms with Gasteiger partial charge >= 0.3 is 16.1 Å². The van der Waals surface area contributed by atoms with Crippen molar-refractivity contribution in [2.75, 3.05) is 6.61 Å². The molecule has 0 aliphatic carbocycles. The second kappa shape index (κ2) is 7.51. The van der Waals surface area contributed by atoms with E-state index in [4.69, 9.17) is 8.92 Å². The van der Waals surface area contributed by atoms with Gasteiger partial charge in [0.25, 0.3) is 5.56 Å². The van der Waals surface area contributed by atoms with E-state index in [0.29, 0.717) is 18.7 Å². The van der Waals surface area contributed by atoms with Crippen LogP contribution < -0.4 is 9.74 Å². The molecule has 0 unspecified atom stereocenters. The molecule has 0 N–H and O–H groups in total. The zero-order valence-corrected chi connectivity index (χ0v) is 15.8. The van der Waals surface area contributed by atoms with Gasteiger partial charge in [-0.05, 0) is 24.5 Å². The topological polar surface area (TPSA) is 105 Å². The van der Waals surface area contributed by atoms with Crippen molar-refractivity contribution in [3.05, 3.63) is 52.6 Å². The fourth-order valence-corrected chi connectivity index (χ4v) is 3.68. The SMILES string of the molecule is CC(C)COC(=O)[C@@H]1CCc2nc(OS(=O)(=O)c3ccccc3)cc(=O)n21. The second-order valence-electron chi connectivity index (χ2n) is 6.65. The van der Waals surface area contributed by atoms with Crippen molar-refractivity contribution >= 4 is 16.1 Å². The number of aromatic nitrogens is 2. The highest BCUT2D eigenvalue weighted by molar-refractivity contribution is 7.87. The lowest BCUT2D eigenvalue weighted by molar-refractivity contribution is -0.148. The van der Waals surface area contributed by atoms with Crippen molar-refractivity contribution in [1.82, 2.24) is 9.55 Å². The summed E-state index contributed by atoms with van der Waals surface area (Å²) in [5, 5.41) is 0. The van der Waals surface area contributed by atoms with E-state index in [1.54, 1.807) is 18.2 Å². The van der Waals surface area contributed by atoms with Gasteiger partial charge in [0, 0.05) is 6.42 Å². The van der Waals surface area contributed by atoms with Crippen LogP contribution in [-0.2, 0) is 26.1 Å². The number of benzene rings is 1. The van der Waals surface area contributed by atoms with Crippen LogP contribution in [0.1, 0.15) is 32.1 Å². The number of ether oxygens (including phenoxy) is 1. The summed E-state index contributed by atoms with van der Waals surface area (Å²) in [5.74, 6) is -0.320. The molecule has 3 rings (SSSR count). The molecule has 0 saturated carbocycles. The number of aryl methyl sites for hydroxylation is 1. The van der Waals surface area contributed by atoms with Crippen LogP contribution in [0.25, 0.3) is 0 Å². The van der Waals surface area contributed by atoms with E-state index in [-0.39, 0.29) is 23.3 Å². The molecule has 0 radical (unpaired) electrons. The van der Waals surface area contributed by atoms with Crippen LogP contribution in [0.2, 0.25) is 0 Å². The smallest absolute Gasteiger partial charge is 0.340 e. The molecule has 1 aliphatic rings. The molecule has 0 spiro atoms. The van der Waals surface area contributed by atoms with Crippen molar-refractivity contribution in [3.8, 4) is 5.88 Å². The molecular weight excluding hydrogens is 372 g/mol. The van der Waals surface area contributed by atoms with Gasteiger partial charge in [0.1, 0.15) is 16.8 Å². The van der Waals surface area contributed by atoms with E-state index >= 15 is 0 Å². The maximum absolute atomic E-state index is 12.4. The molecule has 2 aromatic rings. The Balaban J connectivity index is 1.84. The number of hydrogen-bond donors (Lipinski definition) is 0. The average Bonchev–Trinajstić information content (AvgIpc) is 3.04. The predicted molar refractivity (Wildman–Crippen MR) is 95.9 cm³/mol. The molecule has 0 amide bonds. The Labute approximate surface area is 156 Å². The quantitative estimate of drug-likeness (QED) is 0.544. The van der Waals surface area contributed by atoms with E-state index in [1.165, 1.54) is 16.7 Å². The molecule has 27 heavy (non-hydrogen) atoms. The number of hydrogen-bond acceptors (Lipinski definition) is 7. The lowest BCUT2D eigenvalue weighted by atomic mass is 10.2. The highest BCUT2D eigenvalue weighted by atomic mass is 32.2. The Kier molecular flexibility index (Phi) is 5.31. The molecule has 144 valence electrons. The fourth-order valence-electron chi connectivity index (χ4n) is 2.78. The van der Waals surface area contributed by atoms with Gasteiger partial charge in [0.2, 0.25) is 5.88 Å². The lowest BCUT2D eigenvalue weighted by Gasteiger charge is -2.15. The third-order valence-electron chi connectivity index (χ3n) is 4.01. The Hall–Kier alpha value is -2.68. The number of nitrogens with zero attached hydrogens (tertiary/aromatic N) is 2. The van der Waals surface area contributed by atoms with Gasteiger partial charge in [-0.2, -0.15) is 13.4 Å². The molecular formula is C18H20N2O6S. The zero-order valence-electron chi connectivity index (χ0n) is 15.0. The van der Waals surface area contributed by atoms with Crippen LogP contribution in [0.4, 0.5) is 0 Å². The average molecular weight is 392 g/mol. The summed E-state index contributed by atoms with van der Waals surface area (Å²) in [6.07, 6.45) is 0.716. The minimum absolute atomic E-state index is 0.0393. The first kappa shape index (κ1) is 19.1. The molecule has 9 heteroatoms. The minimum Gasteiger partial charge on any atom is -0.464 e. The normalized spacial score (nSPS) is 16.2. The largest absolute Gasteiger partial charge is 0.464 e. The molecule has 1 atom stereocenters. The van der Waals surface area contributed by atoms with E-state index in [9.17, 15) is 18.0 Å². The zero-order chi connectivity index (χ0) is 19.6. The molecule has 0 fully saturated rings. The van der Waals surface area contributed by atoms with Crippen molar-refractivity contribution in [3.63, 3.8) is 0 Å². The number of fused-ring (bicyclic) bond motifs is 1. The summed E-state index contributed by atoms with van der Waals surface area (Å²) in [6.45, 7) is 4.10. The molecule has 1 aliphatic heterocycles. The number of carbonyl (C=O) groups is 1. The highest BCUT2D eigenvalue weighted by Gasteiger charge is 2.32. The van der Waals surface area contributed by atoms with Crippen LogP contribution in [-0.4, -0.2) is 30.5 Å². The second-order valence-corrected chi connectivity index (χ2v) is 8.19. The van der Waals surface area contributed by atoms with E-state index in [0.717, 1.165) is 6.07 Å². The molecule has 8 nitrogen and oxygen atoms in total. The monoisotopic (exact) mass is 392 g/mol. The van der Waals surface area contributed by atoms with Crippen LogP contribution >= 0.6 is 0 Å². The third kappa shape index (κ3) is 4.19. The van der Waals surface area contributed by atoms with Crippen molar-refractivity contribution in [1.29, 1.82) is 0 Å². The number of carbonyl (C=O) groups excluding carboxylic acids is 1. The van der Waals surface area contributed by atoms with Gasteiger partial charge in [0.05, 0.1) is 12.7 Å². The summed E-state index contributed by atoms with van der Waals surface area (Å²) in [7, 11) is -4.10. The molecule has 0 bridgehead atoms. The first-order valence-corrected chi connectivity index (χ1v) is 9.97. The van der Waals surface area contributed by atoms with Crippen molar-refractivity contribution < 1.29 is 22.1 Å². The Morgan fingerprint density at radius 1 is 1.30 bits per heavy atom. The first-order valence-electron chi connectivity index (χ1n) is 8.56. The van der Waals surface area contributed by atoms with Gasteiger partial charge in [-0.3, -0.25) is 9.36 Å². The Morgan fingerprint density at radius 2 is 2.00 bits per heavy atom. The summed E-state index contributed by atoms with van der Waals surface area (Å²) >= 11 is 0. The highest BCUT2D eigenvalue weighted by Crippen LogP contribution is 2.26. The van der Waals surface area contributed by atoms with Gasteiger partial charge in [-0.25, -0.2) is 4.79 Å². The van der Waals surface area contributed by atoms with Crippen molar-refractivity contribution in [2.45, 2.75) is 37.6 Å². The van der Waals surface area contributed by atoms with Gasteiger partial charge in [0.15, 0.2) is 0 Å². The maximum Gasteiger partial charge on any atom is 0.340 e. The van der Waals surface area contributed by atoms with Gasteiger partial charge < -0.3 is 8.92 Å². The molecule has 1 aromatic carbocycles. The van der Waals surface area contributed by atoms with Crippen LogP contribution in [0.15, 0.2) is 46.1 Å².